The molecule has 1 atom stereocenters. The Kier molecular flexibility index (Phi) is 5.72. The van der Waals surface area contributed by atoms with E-state index in [1.54, 1.807) is 18.9 Å². The van der Waals surface area contributed by atoms with E-state index in [2.05, 4.69) is 5.32 Å². The molecule has 1 amide bonds. The van der Waals surface area contributed by atoms with E-state index >= 15 is 0 Å². The maximum Gasteiger partial charge on any atom is 0.237 e. The molecule has 0 saturated heterocycles. The van der Waals surface area contributed by atoms with Crippen molar-refractivity contribution in [3.8, 4) is 5.75 Å². The molecule has 0 heterocycles. The first-order chi connectivity index (χ1) is 10.6. The number of ether oxygens (including phenoxy) is 1. The topological polar surface area (TPSA) is 64.3 Å². The van der Waals surface area contributed by atoms with Gasteiger partial charge in [0.2, 0.25) is 5.91 Å². The van der Waals surface area contributed by atoms with E-state index in [-0.39, 0.29) is 11.2 Å². The van der Waals surface area contributed by atoms with Crippen LogP contribution in [-0.4, -0.2) is 18.3 Å². The van der Waals surface area contributed by atoms with Crippen LogP contribution < -0.4 is 15.8 Å². The molecule has 0 radical (unpaired) electrons. The van der Waals surface area contributed by atoms with Gasteiger partial charge in [-0.3, -0.25) is 4.79 Å². The average Bonchev–Trinajstić information content (AvgIpc) is 2.54. The predicted octanol–water partition coefficient (Wildman–Crippen LogP) is 3.54. The fourth-order valence-corrected chi connectivity index (χ4v) is 2.67. The molecule has 2 aromatic rings. The van der Waals surface area contributed by atoms with E-state index in [0.29, 0.717) is 0 Å². The van der Waals surface area contributed by atoms with Crippen LogP contribution >= 0.6 is 11.8 Å². The molecule has 2 aromatic carbocycles. The van der Waals surface area contributed by atoms with Gasteiger partial charge in [0.15, 0.2) is 0 Å². The number of methoxy groups -OCH3 is 1. The van der Waals surface area contributed by atoms with E-state index in [0.717, 1.165) is 28.4 Å². The highest BCUT2D eigenvalue weighted by Gasteiger charge is 2.13. The Labute approximate surface area is 135 Å². The summed E-state index contributed by atoms with van der Waals surface area (Å²) in [5.41, 5.74) is 8.33. The average molecular weight is 316 g/mol. The smallest absolute Gasteiger partial charge is 0.237 e. The van der Waals surface area contributed by atoms with Crippen LogP contribution in [0.2, 0.25) is 0 Å². The molecule has 0 saturated carbocycles. The number of hydrogen-bond acceptors (Lipinski definition) is 4. The van der Waals surface area contributed by atoms with E-state index in [4.69, 9.17) is 10.5 Å². The molecular formula is C17H20N2O2S. The van der Waals surface area contributed by atoms with Gasteiger partial charge in [0.1, 0.15) is 5.75 Å². The van der Waals surface area contributed by atoms with Crippen molar-refractivity contribution in [1.82, 2.24) is 0 Å². The van der Waals surface area contributed by atoms with Gasteiger partial charge in [-0.25, -0.2) is 0 Å². The van der Waals surface area contributed by atoms with Crippen molar-refractivity contribution in [2.45, 2.75) is 17.9 Å². The van der Waals surface area contributed by atoms with Crippen LogP contribution in [0.5, 0.6) is 5.75 Å². The highest BCUT2D eigenvalue weighted by molar-refractivity contribution is 7.99. The summed E-state index contributed by atoms with van der Waals surface area (Å²) in [7, 11) is 1.61. The Morgan fingerprint density at radius 2 is 1.82 bits per heavy atom. The minimum Gasteiger partial charge on any atom is -0.497 e. The van der Waals surface area contributed by atoms with Crippen LogP contribution in [-0.2, 0) is 10.5 Å². The second-order valence-electron chi connectivity index (χ2n) is 4.91. The minimum absolute atomic E-state index is 0.00869. The maximum atomic E-state index is 12.2. The van der Waals surface area contributed by atoms with Gasteiger partial charge in [0.05, 0.1) is 12.4 Å². The SMILES string of the molecule is COc1ccc(NC(=O)C(C)SCc2ccc(N)cc2)cc1. The highest BCUT2D eigenvalue weighted by atomic mass is 32.2. The summed E-state index contributed by atoms with van der Waals surface area (Å²) in [5, 5.41) is 2.76. The second-order valence-corrected chi connectivity index (χ2v) is 6.24. The van der Waals surface area contributed by atoms with E-state index in [1.807, 2.05) is 55.5 Å². The lowest BCUT2D eigenvalue weighted by Gasteiger charge is -2.12. The third-order valence-corrected chi connectivity index (χ3v) is 4.42. The quantitative estimate of drug-likeness (QED) is 0.800. The van der Waals surface area contributed by atoms with Crippen LogP contribution in [0.25, 0.3) is 0 Å². The highest BCUT2D eigenvalue weighted by Crippen LogP contribution is 2.21. The van der Waals surface area contributed by atoms with Gasteiger partial charge >= 0.3 is 0 Å². The van der Waals surface area contributed by atoms with Crippen molar-refractivity contribution >= 4 is 29.0 Å². The molecule has 0 aliphatic rings. The summed E-state index contributed by atoms with van der Waals surface area (Å²) in [5.74, 6) is 1.53. The summed E-state index contributed by atoms with van der Waals surface area (Å²) in [6, 6.07) is 15.0. The van der Waals surface area contributed by atoms with Crippen molar-refractivity contribution in [2.24, 2.45) is 0 Å². The molecule has 1 unspecified atom stereocenters. The van der Waals surface area contributed by atoms with Crippen molar-refractivity contribution in [1.29, 1.82) is 0 Å². The molecular weight excluding hydrogens is 296 g/mol. The Hall–Kier alpha value is -2.14. The van der Waals surface area contributed by atoms with Crippen LogP contribution in [0.15, 0.2) is 48.5 Å². The van der Waals surface area contributed by atoms with Gasteiger partial charge < -0.3 is 15.8 Å². The lowest BCUT2D eigenvalue weighted by atomic mass is 10.2. The Balaban J connectivity index is 1.84. The van der Waals surface area contributed by atoms with E-state index in [9.17, 15) is 4.79 Å². The van der Waals surface area contributed by atoms with Crippen molar-refractivity contribution in [3.63, 3.8) is 0 Å². The Morgan fingerprint density at radius 1 is 1.18 bits per heavy atom. The fourth-order valence-electron chi connectivity index (χ4n) is 1.83. The molecule has 0 aliphatic carbocycles. The minimum atomic E-state index is -0.139. The molecule has 0 bridgehead atoms. The van der Waals surface area contributed by atoms with E-state index in [1.165, 1.54) is 0 Å². The Bertz CT molecular complexity index is 612. The van der Waals surface area contributed by atoms with Gasteiger partial charge in [0, 0.05) is 17.1 Å². The normalized spacial score (nSPS) is 11.7. The first kappa shape index (κ1) is 16.2. The monoisotopic (exact) mass is 316 g/mol. The van der Waals surface area contributed by atoms with Crippen molar-refractivity contribution < 1.29 is 9.53 Å². The van der Waals surface area contributed by atoms with Gasteiger partial charge in [-0.2, -0.15) is 0 Å². The molecule has 22 heavy (non-hydrogen) atoms. The number of benzene rings is 2. The van der Waals surface area contributed by atoms with Gasteiger partial charge in [0.25, 0.3) is 0 Å². The number of amides is 1. The second kappa shape index (κ2) is 7.75. The largest absolute Gasteiger partial charge is 0.497 e. The number of anilines is 2. The zero-order chi connectivity index (χ0) is 15.9. The molecule has 3 N–H and O–H groups in total. The van der Waals surface area contributed by atoms with Gasteiger partial charge in [-0.15, -0.1) is 11.8 Å². The fraction of sp³-hybridized carbons (Fsp3) is 0.235. The summed E-state index contributed by atoms with van der Waals surface area (Å²) in [6.45, 7) is 1.90. The van der Waals surface area contributed by atoms with Crippen LogP contribution in [0.3, 0.4) is 0 Å². The van der Waals surface area contributed by atoms with Crippen molar-refractivity contribution in [2.75, 3.05) is 18.2 Å². The summed E-state index contributed by atoms with van der Waals surface area (Å²) >= 11 is 1.59. The van der Waals surface area contributed by atoms with Gasteiger partial charge in [-0.05, 0) is 48.9 Å². The number of nitrogens with one attached hydrogen (secondary N) is 1. The lowest BCUT2D eigenvalue weighted by Crippen LogP contribution is -2.22. The maximum absolute atomic E-state index is 12.2. The summed E-state index contributed by atoms with van der Waals surface area (Å²) < 4.78 is 5.09. The third kappa shape index (κ3) is 4.70. The number of carbonyl (C=O) groups is 1. The molecule has 0 spiro atoms. The lowest BCUT2D eigenvalue weighted by molar-refractivity contribution is -0.115. The number of thioether (sulfide) groups is 1. The zero-order valence-electron chi connectivity index (χ0n) is 12.7. The molecule has 116 valence electrons. The number of rotatable bonds is 6. The first-order valence-corrected chi connectivity index (χ1v) is 8.04. The van der Waals surface area contributed by atoms with Crippen LogP contribution in [0.1, 0.15) is 12.5 Å². The zero-order valence-corrected chi connectivity index (χ0v) is 13.5. The molecule has 0 aromatic heterocycles. The standard InChI is InChI=1S/C17H20N2O2S/c1-12(22-11-13-3-5-14(18)6-4-13)17(20)19-15-7-9-16(21-2)10-8-15/h3-10,12H,11,18H2,1-2H3,(H,19,20). The molecule has 5 heteroatoms. The summed E-state index contributed by atoms with van der Waals surface area (Å²) in [4.78, 5) is 12.2. The number of nitrogen functional groups attached to an aromatic ring is 1. The predicted molar refractivity (Wildman–Crippen MR) is 93.2 cm³/mol. The van der Waals surface area contributed by atoms with Gasteiger partial charge in [-0.1, -0.05) is 12.1 Å². The molecule has 0 fully saturated rings. The van der Waals surface area contributed by atoms with E-state index < -0.39 is 0 Å². The van der Waals surface area contributed by atoms with Crippen LogP contribution in [0.4, 0.5) is 11.4 Å². The molecule has 0 aliphatic heterocycles. The summed E-state index contributed by atoms with van der Waals surface area (Å²) in [6.07, 6.45) is 0. The Morgan fingerprint density at radius 3 is 2.41 bits per heavy atom. The number of hydrogen-bond donors (Lipinski definition) is 2. The first-order valence-electron chi connectivity index (χ1n) is 6.99. The van der Waals surface area contributed by atoms with Crippen LogP contribution in [0, 0.1) is 0 Å². The third-order valence-electron chi connectivity index (χ3n) is 3.21. The number of nitrogens with two attached hydrogens (primary N) is 1. The molecule has 2 rings (SSSR count). The molecule has 4 nitrogen and oxygen atoms in total. The van der Waals surface area contributed by atoms with Crippen molar-refractivity contribution in [3.05, 3.63) is 54.1 Å². The number of carbonyl (C=O) groups excluding carboxylic acids is 1.